The minimum Gasteiger partial charge on any atom is -0.488 e. The number of methoxy groups -OCH3 is 2. The molecule has 0 bridgehead atoms. The minimum absolute atomic E-state index is 0.0642. The van der Waals surface area contributed by atoms with Crippen LogP contribution in [0, 0.1) is 5.92 Å². The van der Waals surface area contributed by atoms with Crippen molar-refractivity contribution in [1.82, 2.24) is 4.98 Å². The molecule has 0 fully saturated rings. The van der Waals surface area contributed by atoms with Gasteiger partial charge in [0.2, 0.25) is 17.1 Å². The van der Waals surface area contributed by atoms with Gasteiger partial charge in [0.25, 0.3) is 0 Å². The second-order valence-electron chi connectivity index (χ2n) is 7.33. The lowest BCUT2D eigenvalue weighted by Crippen LogP contribution is -2.17. The molecule has 1 aromatic heterocycles. The Labute approximate surface area is 174 Å². The standard InChI is InChI=1S/C24H35NO4/c1-8-18(4)22(27)19(5)14-17(3)11-9-10-16(2)12-13-20-15-21(26)23(28-6)24(25-20)29-7/h8-9,11-12,14-15,19,22,27H,10,13H2,1-7H3,(H,25,26)/b11-9+,16-12+,17-14+,18-8+/t19-,22+/m1/s1. The SMILES string of the molecule is C/C=C(\C)[C@H](O)[C@H](C)/C=C(C)/C=C/C/C(C)=C/Cc1cc(=O)c(OC)c(OC)[nH]1. The maximum atomic E-state index is 12.1. The van der Waals surface area contributed by atoms with Gasteiger partial charge in [-0.3, -0.25) is 4.79 Å². The zero-order valence-electron chi connectivity index (χ0n) is 18.7. The van der Waals surface area contributed by atoms with Gasteiger partial charge in [0.1, 0.15) is 0 Å². The summed E-state index contributed by atoms with van der Waals surface area (Å²) in [6, 6.07) is 1.54. The molecular weight excluding hydrogens is 366 g/mol. The van der Waals surface area contributed by atoms with Crippen LogP contribution in [0.1, 0.15) is 46.7 Å². The molecule has 29 heavy (non-hydrogen) atoms. The average molecular weight is 402 g/mol. The van der Waals surface area contributed by atoms with E-state index >= 15 is 0 Å². The highest BCUT2D eigenvalue weighted by Crippen LogP contribution is 2.20. The first kappa shape index (κ1) is 24.5. The molecule has 5 nitrogen and oxygen atoms in total. The van der Waals surface area contributed by atoms with Crippen LogP contribution in [0.4, 0.5) is 0 Å². The Hall–Kier alpha value is -2.53. The number of ether oxygens (including phenoxy) is 2. The van der Waals surface area contributed by atoms with Gasteiger partial charge < -0.3 is 19.6 Å². The molecule has 0 amide bonds. The van der Waals surface area contributed by atoms with Crippen molar-refractivity contribution in [3.05, 3.63) is 69.1 Å². The summed E-state index contributed by atoms with van der Waals surface area (Å²) in [7, 11) is 2.95. The van der Waals surface area contributed by atoms with E-state index in [1.165, 1.54) is 25.9 Å². The highest BCUT2D eigenvalue weighted by Gasteiger charge is 2.12. The fourth-order valence-corrected chi connectivity index (χ4v) is 2.97. The van der Waals surface area contributed by atoms with Crippen molar-refractivity contribution < 1.29 is 14.6 Å². The second kappa shape index (κ2) is 12.1. The number of hydrogen-bond acceptors (Lipinski definition) is 4. The van der Waals surface area contributed by atoms with Crippen LogP contribution in [-0.4, -0.2) is 30.4 Å². The van der Waals surface area contributed by atoms with E-state index in [-0.39, 0.29) is 17.1 Å². The van der Waals surface area contributed by atoms with Gasteiger partial charge in [-0.25, -0.2) is 0 Å². The lowest BCUT2D eigenvalue weighted by Gasteiger charge is -2.16. The van der Waals surface area contributed by atoms with E-state index in [9.17, 15) is 9.90 Å². The molecule has 1 aromatic rings. The number of aliphatic hydroxyl groups is 1. The summed E-state index contributed by atoms with van der Waals surface area (Å²) in [4.78, 5) is 15.1. The first-order valence-electron chi connectivity index (χ1n) is 9.89. The van der Waals surface area contributed by atoms with Gasteiger partial charge in [0.05, 0.1) is 20.3 Å². The summed E-state index contributed by atoms with van der Waals surface area (Å²) < 4.78 is 10.3. The molecule has 2 atom stereocenters. The Morgan fingerprint density at radius 1 is 1.24 bits per heavy atom. The molecule has 0 aromatic carbocycles. The van der Waals surface area contributed by atoms with Crippen LogP contribution in [0.3, 0.4) is 0 Å². The van der Waals surface area contributed by atoms with Crippen molar-refractivity contribution in [3.63, 3.8) is 0 Å². The molecule has 0 saturated carbocycles. The third kappa shape index (κ3) is 7.78. The van der Waals surface area contributed by atoms with Crippen LogP contribution in [0.2, 0.25) is 0 Å². The van der Waals surface area contributed by atoms with Gasteiger partial charge in [0.15, 0.2) is 0 Å². The third-order valence-electron chi connectivity index (χ3n) is 4.85. The number of H-pyrrole nitrogens is 1. The van der Waals surface area contributed by atoms with Crippen molar-refractivity contribution in [2.75, 3.05) is 14.2 Å². The highest BCUT2D eigenvalue weighted by atomic mass is 16.5. The van der Waals surface area contributed by atoms with E-state index in [4.69, 9.17) is 9.47 Å². The predicted octanol–water partition coefficient (Wildman–Crippen LogP) is 4.74. The maximum Gasteiger partial charge on any atom is 0.238 e. The maximum absolute atomic E-state index is 12.1. The van der Waals surface area contributed by atoms with Crippen LogP contribution >= 0.6 is 0 Å². The fourth-order valence-electron chi connectivity index (χ4n) is 2.97. The number of nitrogens with one attached hydrogen (secondary N) is 1. The van der Waals surface area contributed by atoms with E-state index in [1.807, 2.05) is 33.8 Å². The lowest BCUT2D eigenvalue weighted by atomic mass is 9.96. The largest absolute Gasteiger partial charge is 0.488 e. The fraction of sp³-hybridized carbons (Fsp3) is 0.458. The molecule has 0 aliphatic heterocycles. The van der Waals surface area contributed by atoms with Gasteiger partial charge in [-0.05, 0) is 39.7 Å². The quantitative estimate of drug-likeness (QED) is 0.439. The molecule has 0 saturated heterocycles. The summed E-state index contributed by atoms with van der Waals surface area (Å²) in [6.45, 7) is 10.0. The van der Waals surface area contributed by atoms with Crippen molar-refractivity contribution >= 4 is 0 Å². The molecule has 0 radical (unpaired) electrons. The number of rotatable bonds is 10. The Morgan fingerprint density at radius 3 is 2.52 bits per heavy atom. The summed E-state index contributed by atoms with van der Waals surface area (Å²) in [6.07, 6.45) is 11.3. The number of aliphatic hydroxyl groups excluding tert-OH is 1. The Kier molecular flexibility index (Phi) is 10.2. The number of hydrogen-bond donors (Lipinski definition) is 2. The monoisotopic (exact) mass is 401 g/mol. The van der Waals surface area contributed by atoms with Gasteiger partial charge >= 0.3 is 0 Å². The molecule has 0 aliphatic carbocycles. The van der Waals surface area contributed by atoms with Crippen LogP contribution in [0.25, 0.3) is 0 Å². The average Bonchev–Trinajstić information content (AvgIpc) is 2.70. The van der Waals surface area contributed by atoms with Gasteiger partial charge in [-0.1, -0.05) is 48.5 Å². The van der Waals surface area contributed by atoms with Crippen molar-refractivity contribution in [3.8, 4) is 11.6 Å². The molecule has 160 valence electrons. The second-order valence-corrected chi connectivity index (χ2v) is 7.33. The summed E-state index contributed by atoms with van der Waals surface area (Å²) >= 11 is 0. The van der Waals surface area contributed by atoms with E-state index in [0.717, 1.165) is 23.3 Å². The Bertz CT molecular complexity index is 843. The number of aromatic nitrogens is 1. The van der Waals surface area contributed by atoms with Crippen molar-refractivity contribution in [1.29, 1.82) is 0 Å². The van der Waals surface area contributed by atoms with Gasteiger partial charge in [-0.2, -0.15) is 0 Å². The normalized spacial score (nSPS) is 15.5. The lowest BCUT2D eigenvalue weighted by molar-refractivity contribution is 0.173. The summed E-state index contributed by atoms with van der Waals surface area (Å²) in [5, 5.41) is 10.2. The zero-order chi connectivity index (χ0) is 22.0. The minimum atomic E-state index is -0.450. The molecule has 0 aliphatic rings. The Morgan fingerprint density at radius 2 is 1.93 bits per heavy atom. The van der Waals surface area contributed by atoms with E-state index < -0.39 is 6.10 Å². The van der Waals surface area contributed by atoms with E-state index in [1.54, 1.807) is 0 Å². The molecule has 2 N–H and O–H groups in total. The number of allylic oxidation sites excluding steroid dienone is 6. The zero-order valence-corrected chi connectivity index (χ0v) is 18.7. The van der Waals surface area contributed by atoms with E-state index in [0.29, 0.717) is 12.3 Å². The molecule has 1 heterocycles. The topological polar surface area (TPSA) is 71.6 Å². The number of pyridine rings is 1. The number of aromatic amines is 1. The Balaban J connectivity index is 2.71. The first-order valence-corrected chi connectivity index (χ1v) is 9.89. The smallest absolute Gasteiger partial charge is 0.238 e. The van der Waals surface area contributed by atoms with Crippen LogP contribution < -0.4 is 14.9 Å². The van der Waals surface area contributed by atoms with Gasteiger partial charge in [-0.15, -0.1) is 0 Å². The van der Waals surface area contributed by atoms with Crippen LogP contribution in [-0.2, 0) is 6.42 Å². The van der Waals surface area contributed by atoms with Crippen LogP contribution in [0.5, 0.6) is 11.6 Å². The molecular formula is C24H35NO4. The highest BCUT2D eigenvalue weighted by molar-refractivity contribution is 5.35. The van der Waals surface area contributed by atoms with Crippen molar-refractivity contribution in [2.24, 2.45) is 5.92 Å². The first-order chi connectivity index (χ1) is 13.7. The molecule has 1 rings (SSSR count). The summed E-state index contributed by atoms with van der Waals surface area (Å²) in [5.41, 5.74) is 3.88. The van der Waals surface area contributed by atoms with Gasteiger partial charge in [0, 0.05) is 24.1 Å². The molecule has 0 unspecified atom stereocenters. The van der Waals surface area contributed by atoms with Crippen LogP contribution in [0.15, 0.2) is 58.0 Å². The molecule has 5 heteroatoms. The molecule has 0 spiro atoms. The summed E-state index contributed by atoms with van der Waals surface area (Å²) in [5.74, 6) is 0.589. The third-order valence-corrected chi connectivity index (χ3v) is 4.85. The van der Waals surface area contributed by atoms with E-state index in [2.05, 4.69) is 36.2 Å². The van der Waals surface area contributed by atoms with Crippen molar-refractivity contribution in [2.45, 2.75) is 53.6 Å². The predicted molar refractivity (Wildman–Crippen MR) is 120 cm³/mol.